The SMILES string of the molecule is O=C([O-])C(CNC(=O)N1C[C@H]2CCCC[C@H]2C1)Cc1ccccc1. The number of aliphatic carboxylic acids is 1. The lowest BCUT2D eigenvalue weighted by molar-refractivity contribution is -0.311. The van der Waals surface area contributed by atoms with E-state index in [0.717, 1.165) is 18.7 Å². The number of carboxylic acid groups (broad SMARTS) is 1. The largest absolute Gasteiger partial charge is 0.550 e. The summed E-state index contributed by atoms with van der Waals surface area (Å²) in [6, 6.07) is 9.31. The minimum absolute atomic E-state index is 0.113. The zero-order valence-corrected chi connectivity index (χ0v) is 13.9. The van der Waals surface area contributed by atoms with Gasteiger partial charge in [0.25, 0.3) is 0 Å². The highest BCUT2D eigenvalue weighted by Crippen LogP contribution is 2.35. The molecule has 1 heterocycles. The lowest BCUT2D eigenvalue weighted by Gasteiger charge is -2.22. The standard InChI is InChI=1S/C19H26N2O3/c22-18(23)17(10-14-6-2-1-3-7-14)11-20-19(24)21-12-15-8-4-5-9-16(15)13-21/h1-3,6-7,15-17H,4-5,8-13H2,(H,20,24)(H,22,23)/p-1/t15-,16+,17?. The molecule has 0 spiro atoms. The molecule has 3 atom stereocenters. The maximum atomic E-state index is 12.4. The van der Waals surface area contributed by atoms with E-state index < -0.39 is 11.9 Å². The molecule has 1 saturated heterocycles. The molecule has 0 radical (unpaired) electrons. The van der Waals surface area contributed by atoms with Crippen LogP contribution in [0.2, 0.25) is 0 Å². The van der Waals surface area contributed by atoms with Crippen molar-refractivity contribution >= 4 is 12.0 Å². The van der Waals surface area contributed by atoms with E-state index in [9.17, 15) is 14.7 Å². The van der Waals surface area contributed by atoms with E-state index in [1.165, 1.54) is 25.7 Å². The van der Waals surface area contributed by atoms with Gasteiger partial charge in [0.15, 0.2) is 0 Å². The molecule has 1 aliphatic heterocycles. The Morgan fingerprint density at radius 3 is 2.33 bits per heavy atom. The quantitative estimate of drug-likeness (QED) is 0.888. The average Bonchev–Trinajstić information content (AvgIpc) is 3.03. The predicted molar refractivity (Wildman–Crippen MR) is 89.1 cm³/mol. The minimum Gasteiger partial charge on any atom is -0.550 e. The van der Waals surface area contributed by atoms with Crippen molar-refractivity contribution in [2.24, 2.45) is 17.8 Å². The van der Waals surface area contributed by atoms with Gasteiger partial charge < -0.3 is 20.1 Å². The molecule has 0 bridgehead atoms. The molecule has 5 nitrogen and oxygen atoms in total. The summed E-state index contributed by atoms with van der Waals surface area (Å²) in [4.78, 5) is 25.6. The number of carbonyl (C=O) groups is 2. The highest BCUT2D eigenvalue weighted by atomic mass is 16.4. The molecule has 2 amide bonds. The van der Waals surface area contributed by atoms with Crippen LogP contribution < -0.4 is 10.4 Å². The van der Waals surface area contributed by atoms with Crippen LogP contribution in [0.15, 0.2) is 30.3 Å². The van der Waals surface area contributed by atoms with Gasteiger partial charge in [0.05, 0.1) is 0 Å². The Morgan fingerprint density at radius 2 is 1.75 bits per heavy atom. The number of fused-ring (bicyclic) bond motifs is 1. The Bertz CT molecular complexity index is 561. The Balaban J connectivity index is 1.51. The third-order valence-electron chi connectivity index (χ3n) is 5.42. The van der Waals surface area contributed by atoms with Gasteiger partial charge in [0.1, 0.15) is 0 Å². The summed E-state index contributed by atoms with van der Waals surface area (Å²) in [7, 11) is 0. The van der Waals surface area contributed by atoms with Crippen LogP contribution in [-0.4, -0.2) is 36.5 Å². The topological polar surface area (TPSA) is 72.5 Å². The predicted octanol–water partition coefficient (Wildman–Crippen LogP) is 1.43. The van der Waals surface area contributed by atoms with Crippen molar-refractivity contribution < 1.29 is 14.7 Å². The summed E-state index contributed by atoms with van der Waals surface area (Å²) < 4.78 is 0. The average molecular weight is 329 g/mol. The summed E-state index contributed by atoms with van der Waals surface area (Å²) in [6.07, 6.45) is 5.32. The fourth-order valence-corrected chi connectivity index (χ4v) is 4.03. The maximum Gasteiger partial charge on any atom is 0.317 e. The van der Waals surface area contributed by atoms with Gasteiger partial charge in [-0.2, -0.15) is 0 Å². The van der Waals surface area contributed by atoms with Crippen molar-refractivity contribution in [2.75, 3.05) is 19.6 Å². The van der Waals surface area contributed by atoms with Crippen molar-refractivity contribution in [1.29, 1.82) is 0 Å². The molecule has 1 aromatic rings. The van der Waals surface area contributed by atoms with E-state index in [0.29, 0.717) is 18.3 Å². The van der Waals surface area contributed by atoms with E-state index in [4.69, 9.17) is 0 Å². The fraction of sp³-hybridized carbons (Fsp3) is 0.579. The first kappa shape index (κ1) is 16.8. The zero-order chi connectivity index (χ0) is 16.9. The molecular formula is C19H25N2O3-. The van der Waals surface area contributed by atoms with E-state index in [1.807, 2.05) is 35.2 Å². The van der Waals surface area contributed by atoms with Crippen LogP contribution in [0.5, 0.6) is 0 Å². The molecule has 2 aliphatic rings. The molecular weight excluding hydrogens is 304 g/mol. The molecule has 5 heteroatoms. The molecule has 1 unspecified atom stereocenters. The summed E-state index contributed by atoms with van der Waals surface area (Å²) in [5, 5.41) is 14.2. The summed E-state index contributed by atoms with van der Waals surface area (Å²) in [5.74, 6) is -0.563. The number of likely N-dealkylation sites (tertiary alicyclic amines) is 1. The van der Waals surface area contributed by atoms with Crippen molar-refractivity contribution in [3.8, 4) is 0 Å². The Labute approximate surface area is 143 Å². The van der Waals surface area contributed by atoms with Crippen LogP contribution in [0.1, 0.15) is 31.2 Å². The van der Waals surface area contributed by atoms with E-state index in [1.54, 1.807) is 0 Å². The minimum atomic E-state index is -1.12. The first-order valence-corrected chi connectivity index (χ1v) is 8.91. The Kier molecular flexibility index (Phi) is 5.38. The number of nitrogens with zero attached hydrogens (tertiary/aromatic N) is 1. The van der Waals surface area contributed by atoms with Crippen molar-refractivity contribution in [1.82, 2.24) is 10.2 Å². The van der Waals surface area contributed by atoms with Crippen LogP contribution in [0.25, 0.3) is 0 Å². The van der Waals surface area contributed by atoms with Crippen LogP contribution in [0.3, 0.4) is 0 Å². The number of carbonyl (C=O) groups excluding carboxylic acids is 2. The lowest BCUT2D eigenvalue weighted by Crippen LogP contribution is -2.45. The van der Waals surface area contributed by atoms with Gasteiger partial charge >= 0.3 is 6.03 Å². The second kappa shape index (κ2) is 7.69. The zero-order valence-electron chi connectivity index (χ0n) is 13.9. The second-order valence-corrected chi connectivity index (χ2v) is 7.10. The molecule has 2 fully saturated rings. The van der Waals surface area contributed by atoms with Gasteiger partial charge in [-0.25, -0.2) is 4.79 Å². The van der Waals surface area contributed by atoms with Crippen molar-refractivity contribution in [3.05, 3.63) is 35.9 Å². The van der Waals surface area contributed by atoms with Crippen LogP contribution in [0.4, 0.5) is 4.79 Å². The summed E-state index contributed by atoms with van der Waals surface area (Å²) in [6.45, 7) is 1.73. The van der Waals surface area contributed by atoms with Crippen molar-refractivity contribution in [3.63, 3.8) is 0 Å². The highest BCUT2D eigenvalue weighted by Gasteiger charge is 2.36. The van der Waals surface area contributed by atoms with Gasteiger partial charge in [0, 0.05) is 31.5 Å². The van der Waals surface area contributed by atoms with Gasteiger partial charge in [-0.3, -0.25) is 0 Å². The number of urea groups is 1. The third-order valence-corrected chi connectivity index (χ3v) is 5.42. The number of rotatable bonds is 5. The van der Waals surface area contributed by atoms with Gasteiger partial charge in [-0.05, 0) is 36.7 Å². The van der Waals surface area contributed by atoms with E-state index >= 15 is 0 Å². The normalized spacial score (nSPS) is 24.2. The number of amides is 2. The number of carboxylic acids is 1. The van der Waals surface area contributed by atoms with Crippen LogP contribution >= 0.6 is 0 Å². The lowest BCUT2D eigenvalue weighted by atomic mass is 9.82. The van der Waals surface area contributed by atoms with E-state index in [2.05, 4.69) is 5.32 Å². The smallest absolute Gasteiger partial charge is 0.317 e. The van der Waals surface area contributed by atoms with Gasteiger partial charge in [0.2, 0.25) is 0 Å². The Hall–Kier alpha value is -2.04. The molecule has 130 valence electrons. The fourth-order valence-electron chi connectivity index (χ4n) is 4.03. The van der Waals surface area contributed by atoms with E-state index in [-0.39, 0.29) is 12.6 Å². The number of hydrogen-bond acceptors (Lipinski definition) is 3. The van der Waals surface area contributed by atoms with Crippen LogP contribution in [0, 0.1) is 17.8 Å². The van der Waals surface area contributed by atoms with Crippen molar-refractivity contribution in [2.45, 2.75) is 32.1 Å². The Morgan fingerprint density at radius 1 is 1.12 bits per heavy atom. The first-order valence-electron chi connectivity index (χ1n) is 8.91. The van der Waals surface area contributed by atoms with Gasteiger partial charge in [-0.1, -0.05) is 43.2 Å². The number of benzene rings is 1. The number of nitrogens with one attached hydrogen (secondary N) is 1. The first-order chi connectivity index (χ1) is 11.6. The molecule has 1 aromatic carbocycles. The third kappa shape index (κ3) is 4.08. The number of hydrogen-bond donors (Lipinski definition) is 1. The molecule has 3 rings (SSSR count). The molecule has 1 saturated carbocycles. The molecule has 0 aromatic heterocycles. The molecule has 1 N–H and O–H groups in total. The maximum absolute atomic E-state index is 12.4. The van der Waals surface area contributed by atoms with Crippen LogP contribution in [-0.2, 0) is 11.2 Å². The van der Waals surface area contributed by atoms with Gasteiger partial charge in [-0.15, -0.1) is 0 Å². The highest BCUT2D eigenvalue weighted by molar-refractivity contribution is 5.76. The molecule has 24 heavy (non-hydrogen) atoms. The molecule has 1 aliphatic carbocycles. The summed E-state index contributed by atoms with van der Waals surface area (Å²) >= 11 is 0. The monoisotopic (exact) mass is 329 g/mol. The second-order valence-electron chi connectivity index (χ2n) is 7.10. The summed E-state index contributed by atoms with van der Waals surface area (Å²) in [5.41, 5.74) is 0.938.